The number of hydrogen-bond acceptors (Lipinski definition) is 5. The van der Waals surface area contributed by atoms with Gasteiger partial charge in [-0.2, -0.15) is 0 Å². The minimum atomic E-state index is -0.145. The first-order chi connectivity index (χ1) is 10.7. The first-order valence-corrected chi connectivity index (χ1v) is 6.75. The summed E-state index contributed by atoms with van der Waals surface area (Å²) in [5.74, 6) is -0.198. The maximum absolute atomic E-state index is 9.87. The Morgan fingerprint density at radius 3 is 2.59 bits per heavy atom. The van der Waals surface area contributed by atoms with Gasteiger partial charge in [0.2, 0.25) is 0 Å². The molecule has 3 aromatic rings. The van der Waals surface area contributed by atoms with Crippen LogP contribution in [-0.2, 0) is 6.42 Å². The molecule has 0 aliphatic heterocycles. The van der Waals surface area contributed by atoms with Gasteiger partial charge >= 0.3 is 0 Å². The van der Waals surface area contributed by atoms with Crippen LogP contribution in [0.1, 0.15) is 11.3 Å². The van der Waals surface area contributed by atoms with Crippen molar-refractivity contribution in [1.82, 2.24) is 4.98 Å². The number of para-hydroxylation sites is 1. The molecular formula is C17H14N2O3. The minimum Gasteiger partial charge on any atom is -0.508 e. The summed E-state index contributed by atoms with van der Waals surface area (Å²) in [6, 6.07) is 15.7. The standard InChI is InChI=1S/C17H14N2O3/c20-13-7-8-14(17(21)10-13)16(19-22)9-12-6-5-11-3-1-2-4-15(11)18-12/h1-8,10,20-22H,9H2. The number of nitrogens with zero attached hydrogens (tertiary/aromatic N) is 2. The number of phenols is 2. The van der Waals surface area contributed by atoms with E-state index in [4.69, 9.17) is 0 Å². The Morgan fingerprint density at radius 2 is 1.82 bits per heavy atom. The van der Waals surface area contributed by atoms with Gasteiger partial charge in [-0.15, -0.1) is 0 Å². The molecule has 0 aliphatic carbocycles. The summed E-state index contributed by atoms with van der Waals surface area (Å²) >= 11 is 0. The number of hydrogen-bond donors (Lipinski definition) is 3. The smallest absolute Gasteiger partial charge is 0.128 e. The zero-order chi connectivity index (χ0) is 15.5. The Hall–Kier alpha value is -3.08. The maximum atomic E-state index is 9.87. The average Bonchev–Trinajstić information content (AvgIpc) is 2.53. The molecule has 22 heavy (non-hydrogen) atoms. The molecule has 0 saturated carbocycles. The van der Waals surface area contributed by atoms with E-state index < -0.39 is 0 Å². The maximum Gasteiger partial charge on any atom is 0.128 e. The largest absolute Gasteiger partial charge is 0.508 e. The van der Waals surface area contributed by atoms with E-state index in [1.165, 1.54) is 18.2 Å². The summed E-state index contributed by atoms with van der Waals surface area (Å²) in [4.78, 5) is 4.51. The minimum absolute atomic E-state index is 0.0534. The molecule has 5 heteroatoms. The summed E-state index contributed by atoms with van der Waals surface area (Å²) in [5.41, 5.74) is 2.21. The summed E-state index contributed by atoms with van der Waals surface area (Å²) in [7, 11) is 0. The van der Waals surface area contributed by atoms with Crippen molar-refractivity contribution in [3.8, 4) is 11.5 Å². The van der Waals surface area contributed by atoms with Crippen molar-refractivity contribution in [1.29, 1.82) is 0 Å². The lowest BCUT2D eigenvalue weighted by Crippen LogP contribution is -2.07. The molecule has 3 N–H and O–H groups in total. The summed E-state index contributed by atoms with van der Waals surface area (Å²) in [6.07, 6.45) is 0.264. The van der Waals surface area contributed by atoms with E-state index >= 15 is 0 Å². The van der Waals surface area contributed by atoms with Crippen molar-refractivity contribution in [3.63, 3.8) is 0 Å². The monoisotopic (exact) mass is 294 g/mol. The van der Waals surface area contributed by atoms with Crippen molar-refractivity contribution >= 4 is 16.6 Å². The molecule has 110 valence electrons. The van der Waals surface area contributed by atoms with Gasteiger partial charge in [-0.25, -0.2) is 0 Å². The third-order valence-electron chi connectivity index (χ3n) is 3.42. The third-order valence-corrected chi connectivity index (χ3v) is 3.42. The molecule has 3 rings (SSSR count). The number of benzene rings is 2. The molecule has 0 aliphatic rings. The van der Waals surface area contributed by atoms with E-state index in [1.807, 2.05) is 36.4 Å². The molecule has 2 aromatic carbocycles. The Labute approximate surface area is 126 Å². The number of aromatic nitrogens is 1. The van der Waals surface area contributed by atoms with Gasteiger partial charge in [-0.3, -0.25) is 4.98 Å². The molecule has 0 atom stereocenters. The molecule has 0 bridgehead atoms. The lowest BCUT2D eigenvalue weighted by molar-refractivity contribution is 0.318. The van der Waals surface area contributed by atoms with E-state index in [9.17, 15) is 15.4 Å². The molecule has 0 saturated heterocycles. The number of phenolic OH excluding ortho intramolecular Hbond substituents is 2. The third kappa shape index (κ3) is 2.69. The second kappa shape index (κ2) is 5.73. The van der Waals surface area contributed by atoms with E-state index in [-0.39, 0.29) is 23.6 Å². The number of rotatable bonds is 3. The van der Waals surface area contributed by atoms with E-state index in [2.05, 4.69) is 10.1 Å². The fourth-order valence-corrected chi connectivity index (χ4v) is 2.33. The highest BCUT2D eigenvalue weighted by Crippen LogP contribution is 2.24. The number of aromatic hydroxyl groups is 2. The molecule has 1 heterocycles. The van der Waals surface area contributed by atoms with Crippen LogP contribution in [0.2, 0.25) is 0 Å². The van der Waals surface area contributed by atoms with Crippen molar-refractivity contribution in [2.24, 2.45) is 5.16 Å². The predicted octanol–water partition coefficient (Wildman–Crippen LogP) is 3.07. The Morgan fingerprint density at radius 1 is 1.00 bits per heavy atom. The predicted molar refractivity (Wildman–Crippen MR) is 83.5 cm³/mol. The first kappa shape index (κ1) is 13.9. The van der Waals surface area contributed by atoms with Gasteiger partial charge in [0, 0.05) is 29.1 Å². The molecule has 0 amide bonds. The highest BCUT2D eigenvalue weighted by Gasteiger charge is 2.12. The van der Waals surface area contributed by atoms with Crippen LogP contribution in [0.3, 0.4) is 0 Å². The Kier molecular flexibility index (Phi) is 3.62. The van der Waals surface area contributed by atoms with Gasteiger partial charge in [-0.1, -0.05) is 29.4 Å². The van der Waals surface area contributed by atoms with E-state index in [1.54, 1.807) is 0 Å². The zero-order valence-electron chi connectivity index (χ0n) is 11.6. The normalized spacial score (nSPS) is 11.7. The van der Waals surface area contributed by atoms with Crippen molar-refractivity contribution < 1.29 is 15.4 Å². The van der Waals surface area contributed by atoms with Crippen LogP contribution in [0.25, 0.3) is 10.9 Å². The highest BCUT2D eigenvalue weighted by molar-refractivity contribution is 6.03. The summed E-state index contributed by atoms with van der Waals surface area (Å²) < 4.78 is 0. The lowest BCUT2D eigenvalue weighted by Gasteiger charge is -2.08. The van der Waals surface area contributed by atoms with Crippen molar-refractivity contribution in [2.75, 3.05) is 0 Å². The molecule has 0 fully saturated rings. The van der Waals surface area contributed by atoms with Crippen LogP contribution >= 0.6 is 0 Å². The van der Waals surface area contributed by atoms with Crippen molar-refractivity contribution in [2.45, 2.75) is 6.42 Å². The second-order valence-electron chi connectivity index (χ2n) is 4.92. The van der Waals surface area contributed by atoms with Gasteiger partial charge in [-0.05, 0) is 24.3 Å². The first-order valence-electron chi connectivity index (χ1n) is 6.75. The SMILES string of the molecule is ON=C(Cc1ccc2ccccc2n1)c1ccc(O)cc1O. The van der Waals surface area contributed by atoms with Gasteiger partial charge in [0.25, 0.3) is 0 Å². The molecule has 0 spiro atoms. The summed E-state index contributed by atoms with van der Waals surface area (Å²) in [5, 5.41) is 32.7. The zero-order valence-corrected chi connectivity index (χ0v) is 11.6. The van der Waals surface area contributed by atoms with E-state index in [0.29, 0.717) is 5.56 Å². The van der Waals surface area contributed by atoms with Gasteiger partial charge in [0.15, 0.2) is 0 Å². The van der Waals surface area contributed by atoms with Crippen LogP contribution in [0.15, 0.2) is 59.8 Å². The van der Waals surface area contributed by atoms with Gasteiger partial charge in [0.05, 0.1) is 11.2 Å². The average molecular weight is 294 g/mol. The van der Waals surface area contributed by atoms with Crippen LogP contribution in [0.4, 0.5) is 0 Å². The van der Waals surface area contributed by atoms with Crippen LogP contribution in [0.5, 0.6) is 11.5 Å². The van der Waals surface area contributed by atoms with E-state index in [0.717, 1.165) is 16.6 Å². The summed E-state index contributed by atoms with van der Waals surface area (Å²) in [6.45, 7) is 0. The highest BCUT2D eigenvalue weighted by atomic mass is 16.4. The number of pyridine rings is 1. The van der Waals surface area contributed by atoms with Gasteiger partial charge in [0.1, 0.15) is 11.5 Å². The molecular weight excluding hydrogens is 280 g/mol. The lowest BCUT2D eigenvalue weighted by atomic mass is 10.0. The second-order valence-corrected chi connectivity index (χ2v) is 4.92. The Bertz CT molecular complexity index is 859. The van der Waals surface area contributed by atoms with Crippen molar-refractivity contribution in [3.05, 3.63) is 65.9 Å². The fraction of sp³-hybridized carbons (Fsp3) is 0.0588. The van der Waals surface area contributed by atoms with Crippen LogP contribution < -0.4 is 0 Å². The van der Waals surface area contributed by atoms with Crippen LogP contribution in [-0.4, -0.2) is 26.1 Å². The Balaban J connectivity index is 1.94. The quantitative estimate of drug-likeness (QED) is 0.393. The van der Waals surface area contributed by atoms with Gasteiger partial charge < -0.3 is 15.4 Å². The topological polar surface area (TPSA) is 85.9 Å². The number of fused-ring (bicyclic) bond motifs is 1. The molecule has 1 aromatic heterocycles. The number of oxime groups is 1. The fourth-order valence-electron chi connectivity index (χ4n) is 2.33. The van der Waals surface area contributed by atoms with Crippen LogP contribution in [0, 0.1) is 0 Å². The molecule has 5 nitrogen and oxygen atoms in total. The molecule has 0 radical (unpaired) electrons. The molecule has 0 unspecified atom stereocenters.